The van der Waals surface area contributed by atoms with Crippen molar-refractivity contribution < 1.29 is 14.7 Å². The number of hydrogen-bond acceptors (Lipinski definition) is 4. The second kappa shape index (κ2) is 7.17. The van der Waals surface area contributed by atoms with Crippen LogP contribution in [0, 0.1) is 12.8 Å². The van der Waals surface area contributed by atoms with E-state index in [9.17, 15) is 14.7 Å². The second-order valence-electron chi connectivity index (χ2n) is 6.04. The molecule has 1 heterocycles. The number of amides is 2. The Hall–Kier alpha value is -3.15. The zero-order chi connectivity index (χ0) is 17.8. The Kier molecular flexibility index (Phi) is 4.79. The molecule has 2 amide bonds. The number of nitrogens with one attached hydrogen (secondary N) is 2. The summed E-state index contributed by atoms with van der Waals surface area (Å²) in [7, 11) is 0. The van der Waals surface area contributed by atoms with Gasteiger partial charge in [-0.25, -0.2) is 5.43 Å². The van der Waals surface area contributed by atoms with E-state index in [1.54, 1.807) is 18.2 Å². The molecule has 2 aromatic rings. The molecule has 0 radical (unpaired) electrons. The molecule has 0 aliphatic carbocycles. The molecule has 1 aliphatic rings. The lowest BCUT2D eigenvalue weighted by Gasteiger charge is -2.15. The van der Waals surface area contributed by atoms with Crippen LogP contribution in [-0.4, -0.2) is 29.7 Å². The summed E-state index contributed by atoms with van der Waals surface area (Å²) in [4.78, 5) is 24.5. The Balaban J connectivity index is 1.72. The molecule has 0 unspecified atom stereocenters. The van der Waals surface area contributed by atoms with Gasteiger partial charge in [-0.2, -0.15) is 5.10 Å². The molecule has 2 aromatic carbocycles. The summed E-state index contributed by atoms with van der Waals surface area (Å²) in [6.07, 6.45) is 1.37. The van der Waals surface area contributed by atoms with Gasteiger partial charge < -0.3 is 10.4 Å². The molecule has 6 nitrogen and oxygen atoms in total. The molecule has 1 aliphatic heterocycles. The smallest absolute Gasteiger partial charge is 0.253 e. The van der Waals surface area contributed by atoms with E-state index in [0.29, 0.717) is 12.1 Å². The van der Waals surface area contributed by atoms with Crippen LogP contribution in [-0.2, 0) is 9.59 Å². The molecule has 0 saturated carbocycles. The normalized spacial score (nSPS) is 19.8. The molecule has 0 spiro atoms. The second-order valence-corrected chi connectivity index (χ2v) is 6.04. The van der Waals surface area contributed by atoms with E-state index >= 15 is 0 Å². The molecule has 1 fully saturated rings. The van der Waals surface area contributed by atoms with Crippen LogP contribution >= 0.6 is 0 Å². The summed E-state index contributed by atoms with van der Waals surface area (Å²) in [5.74, 6) is -1.75. The third kappa shape index (κ3) is 3.68. The first kappa shape index (κ1) is 16.7. The molecular formula is C19H19N3O3. The van der Waals surface area contributed by atoms with Crippen LogP contribution in [0.15, 0.2) is 53.6 Å². The van der Waals surface area contributed by atoms with Gasteiger partial charge in [0.2, 0.25) is 5.91 Å². The lowest BCUT2D eigenvalue weighted by Crippen LogP contribution is -2.34. The number of phenols is 1. The summed E-state index contributed by atoms with van der Waals surface area (Å²) < 4.78 is 0. The van der Waals surface area contributed by atoms with Gasteiger partial charge in [-0.05, 0) is 24.6 Å². The van der Waals surface area contributed by atoms with Gasteiger partial charge in [-0.1, -0.05) is 42.0 Å². The van der Waals surface area contributed by atoms with Crippen molar-refractivity contribution in [2.45, 2.75) is 12.8 Å². The van der Waals surface area contributed by atoms with E-state index in [0.717, 1.165) is 11.1 Å². The summed E-state index contributed by atoms with van der Waals surface area (Å²) in [5, 5.41) is 16.4. The highest BCUT2D eigenvalue weighted by Crippen LogP contribution is 2.29. The van der Waals surface area contributed by atoms with E-state index in [1.807, 2.05) is 37.3 Å². The van der Waals surface area contributed by atoms with Gasteiger partial charge >= 0.3 is 0 Å². The number of benzene rings is 2. The number of aryl methyl sites for hydroxylation is 1. The number of nitrogens with zero attached hydrogens (tertiary/aromatic N) is 1. The predicted octanol–water partition coefficient (Wildman–Crippen LogP) is 1.68. The van der Waals surface area contributed by atoms with Crippen LogP contribution in [0.4, 0.5) is 0 Å². The van der Waals surface area contributed by atoms with Crippen LogP contribution in [0.25, 0.3) is 0 Å². The van der Waals surface area contributed by atoms with Crippen molar-refractivity contribution in [1.82, 2.24) is 10.7 Å². The molecule has 1 saturated heterocycles. The minimum atomic E-state index is -0.828. The number of phenolic OH excluding ortho intramolecular Hbond substituents is 1. The topological polar surface area (TPSA) is 90.8 Å². The third-order valence-corrected chi connectivity index (χ3v) is 4.25. The van der Waals surface area contributed by atoms with Gasteiger partial charge in [0.05, 0.1) is 6.21 Å². The van der Waals surface area contributed by atoms with Gasteiger partial charge in [0.25, 0.3) is 5.91 Å². The Morgan fingerprint density at radius 3 is 2.80 bits per heavy atom. The van der Waals surface area contributed by atoms with Crippen LogP contribution in [0.5, 0.6) is 5.75 Å². The fraction of sp³-hybridized carbons (Fsp3) is 0.211. The van der Waals surface area contributed by atoms with Crippen LogP contribution in [0.3, 0.4) is 0 Å². The number of hydrazone groups is 1. The molecule has 3 rings (SSSR count). The number of rotatable bonds is 4. The Morgan fingerprint density at radius 1 is 1.28 bits per heavy atom. The van der Waals surface area contributed by atoms with Crippen molar-refractivity contribution in [1.29, 1.82) is 0 Å². The van der Waals surface area contributed by atoms with Gasteiger partial charge in [0.15, 0.2) is 0 Å². The maximum absolute atomic E-state index is 12.4. The van der Waals surface area contributed by atoms with Crippen LogP contribution in [0.2, 0.25) is 0 Å². The molecule has 6 heteroatoms. The minimum Gasteiger partial charge on any atom is -0.507 e. The van der Waals surface area contributed by atoms with Gasteiger partial charge in [0.1, 0.15) is 11.7 Å². The Labute approximate surface area is 145 Å². The zero-order valence-electron chi connectivity index (χ0n) is 13.8. The SMILES string of the molecule is Cc1ccc(O)c(/C=N\NC(=O)[C@H]2C(=O)NC[C@H]2c2ccccc2)c1. The molecule has 0 aromatic heterocycles. The first-order chi connectivity index (χ1) is 12.1. The fourth-order valence-corrected chi connectivity index (χ4v) is 2.95. The lowest BCUT2D eigenvalue weighted by atomic mass is 9.88. The summed E-state index contributed by atoms with van der Waals surface area (Å²) in [5.41, 5.74) is 4.80. The van der Waals surface area contributed by atoms with Gasteiger partial charge in [0, 0.05) is 18.0 Å². The molecule has 128 valence electrons. The average Bonchev–Trinajstić information content (AvgIpc) is 3.00. The third-order valence-electron chi connectivity index (χ3n) is 4.25. The maximum Gasteiger partial charge on any atom is 0.253 e. The van der Waals surface area contributed by atoms with Crippen molar-refractivity contribution in [3.8, 4) is 5.75 Å². The van der Waals surface area contributed by atoms with Gasteiger partial charge in [-0.15, -0.1) is 0 Å². The van der Waals surface area contributed by atoms with E-state index in [2.05, 4.69) is 15.8 Å². The van der Waals surface area contributed by atoms with E-state index in [4.69, 9.17) is 0 Å². The first-order valence-electron chi connectivity index (χ1n) is 8.01. The quantitative estimate of drug-likeness (QED) is 0.450. The summed E-state index contributed by atoms with van der Waals surface area (Å²) in [6, 6.07) is 14.5. The highest BCUT2D eigenvalue weighted by atomic mass is 16.3. The average molecular weight is 337 g/mol. The van der Waals surface area contributed by atoms with E-state index < -0.39 is 11.8 Å². The Bertz CT molecular complexity index is 818. The van der Waals surface area contributed by atoms with Crippen molar-refractivity contribution in [3.63, 3.8) is 0 Å². The molecule has 25 heavy (non-hydrogen) atoms. The van der Waals surface area contributed by atoms with Crippen LogP contribution in [0.1, 0.15) is 22.6 Å². The lowest BCUT2D eigenvalue weighted by molar-refractivity contribution is -0.133. The summed E-state index contributed by atoms with van der Waals surface area (Å²) >= 11 is 0. The highest BCUT2D eigenvalue weighted by molar-refractivity contribution is 6.03. The molecule has 2 atom stereocenters. The number of hydrogen-bond donors (Lipinski definition) is 3. The zero-order valence-corrected chi connectivity index (χ0v) is 13.8. The molecular weight excluding hydrogens is 318 g/mol. The molecule has 0 bridgehead atoms. The first-order valence-corrected chi connectivity index (χ1v) is 8.01. The largest absolute Gasteiger partial charge is 0.507 e. The Morgan fingerprint density at radius 2 is 2.04 bits per heavy atom. The highest BCUT2D eigenvalue weighted by Gasteiger charge is 2.40. The monoisotopic (exact) mass is 337 g/mol. The maximum atomic E-state index is 12.4. The van der Waals surface area contributed by atoms with Crippen molar-refractivity contribution in [3.05, 3.63) is 65.2 Å². The number of carbonyl (C=O) groups is 2. The molecule has 3 N–H and O–H groups in total. The number of aromatic hydroxyl groups is 1. The fourth-order valence-electron chi connectivity index (χ4n) is 2.95. The summed E-state index contributed by atoms with van der Waals surface area (Å²) in [6.45, 7) is 2.31. The van der Waals surface area contributed by atoms with Crippen molar-refractivity contribution in [2.75, 3.05) is 6.54 Å². The van der Waals surface area contributed by atoms with Gasteiger partial charge in [-0.3, -0.25) is 9.59 Å². The van der Waals surface area contributed by atoms with E-state index in [1.165, 1.54) is 6.21 Å². The minimum absolute atomic E-state index is 0.0735. The van der Waals surface area contributed by atoms with Crippen molar-refractivity contribution >= 4 is 18.0 Å². The standard InChI is InChI=1S/C19H19N3O3/c1-12-7-8-16(23)14(9-12)10-21-22-19(25)17-15(11-20-18(17)24)13-5-3-2-4-6-13/h2-10,15,17,23H,11H2,1H3,(H,20,24)(H,22,25)/b21-10-/t15-,17+/m0/s1. The number of carbonyl (C=O) groups excluding carboxylic acids is 2. The predicted molar refractivity (Wildman–Crippen MR) is 94.3 cm³/mol. The van der Waals surface area contributed by atoms with Crippen LogP contribution < -0.4 is 10.7 Å². The van der Waals surface area contributed by atoms with E-state index in [-0.39, 0.29) is 17.6 Å². The van der Waals surface area contributed by atoms with Crippen molar-refractivity contribution in [2.24, 2.45) is 11.0 Å².